The van der Waals surface area contributed by atoms with E-state index in [0.717, 1.165) is 12.2 Å². The maximum absolute atomic E-state index is 5.11. The van der Waals surface area contributed by atoms with Gasteiger partial charge in [0.2, 0.25) is 0 Å². The van der Waals surface area contributed by atoms with Crippen molar-refractivity contribution >= 4 is 21.5 Å². The van der Waals surface area contributed by atoms with Crippen LogP contribution in [0.3, 0.4) is 0 Å². The quantitative estimate of drug-likeness (QED) is 0.219. The van der Waals surface area contributed by atoms with Crippen LogP contribution in [0.4, 0.5) is 0 Å². The summed E-state index contributed by atoms with van der Waals surface area (Å²) in [6.45, 7) is 11.5. The van der Waals surface area contributed by atoms with Crippen LogP contribution in [0.25, 0.3) is 49.7 Å². The second kappa shape index (κ2) is 9.85. The van der Waals surface area contributed by atoms with Gasteiger partial charge in [0.05, 0.1) is 5.69 Å². The number of hydrogen-bond donors (Lipinski definition) is 0. The lowest BCUT2D eigenvalue weighted by Gasteiger charge is -2.27. The molecule has 0 spiro atoms. The third kappa shape index (κ3) is 4.34. The number of nitrogens with zero attached hydrogens (tertiary/aromatic N) is 2. The molecular weight excluding hydrogens is 472 g/mol. The minimum Gasteiger partial charge on any atom is -0.296 e. The molecule has 6 aromatic rings. The van der Waals surface area contributed by atoms with E-state index in [2.05, 4.69) is 149 Å². The van der Waals surface area contributed by atoms with Crippen LogP contribution >= 0.6 is 0 Å². The molecule has 0 N–H and O–H groups in total. The topological polar surface area (TPSA) is 17.8 Å². The van der Waals surface area contributed by atoms with Crippen molar-refractivity contribution in [3.05, 3.63) is 121 Å². The lowest BCUT2D eigenvalue weighted by atomic mass is 9.86. The van der Waals surface area contributed by atoms with Crippen LogP contribution in [0, 0.1) is 0 Å². The summed E-state index contributed by atoms with van der Waals surface area (Å²) >= 11 is 0. The number of imidazole rings is 1. The Labute approximate surface area is 232 Å². The van der Waals surface area contributed by atoms with E-state index in [1.165, 1.54) is 55.2 Å². The molecule has 194 valence electrons. The largest absolute Gasteiger partial charge is 0.296 e. The van der Waals surface area contributed by atoms with Crippen molar-refractivity contribution in [3.63, 3.8) is 0 Å². The highest BCUT2D eigenvalue weighted by atomic mass is 15.1. The smallest absolute Gasteiger partial charge is 0.145 e. The molecule has 0 aliphatic heterocycles. The van der Waals surface area contributed by atoms with E-state index in [9.17, 15) is 0 Å². The van der Waals surface area contributed by atoms with Gasteiger partial charge in [-0.1, -0.05) is 126 Å². The fourth-order valence-electron chi connectivity index (χ4n) is 5.73. The maximum atomic E-state index is 5.11. The first kappa shape index (κ1) is 25.1. The van der Waals surface area contributed by atoms with Gasteiger partial charge in [-0.05, 0) is 62.7 Å². The predicted octanol–water partition coefficient (Wildman–Crippen LogP) is 10.3. The molecule has 0 fully saturated rings. The van der Waals surface area contributed by atoms with E-state index in [0.29, 0.717) is 5.92 Å². The van der Waals surface area contributed by atoms with E-state index in [1.54, 1.807) is 0 Å². The number of hydrogen-bond acceptors (Lipinski definition) is 1. The van der Waals surface area contributed by atoms with Crippen molar-refractivity contribution in [2.24, 2.45) is 0 Å². The van der Waals surface area contributed by atoms with E-state index in [-0.39, 0.29) is 5.41 Å². The van der Waals surface area contributed by atoms with Crippen LogP contribution in [0.5, 0.6) is 0 Å². The molecule has 6 rings (SSSR count). The molecule has 0 radical (unpaired) electrons. The summed E-state index contributed by atoms with van der Waals surface area (Å²) in [5, 5.41) is 5.02. The van der Waals surface area contributed by atoms with Crippen LogP contribution in [0.2, 0.25) is 0 Å². The molecule has 0 saturated carbocycles. The molecule has 2 heteroatoms. The molecule has 0 atom stereocenters. The molecule has 39 heavy (non-hydrogen) atoms. The predicted molar refractivity (Wildman–Crippen MR) is 167 cm³/mol. The van der Waals surface area contributed by atoms with Gasteiger partial charge < -0.3 is 0 Å². The first-order valence-corrected chi connectivity index (χ1v) is 14.1. The molecule has 1 aromatic heterocycles. The van der Waals surface area contributed by atoms with Gasteiger partial charge in [0, 0.05) is 22.9 Å². The van der Waals surface area contributed by atoms with Crippen molar-refractivity contribution in [1.82, 2.24) is 9.55 Å². The fourth-order valence-corrected chi connectivity index (χ4v) is 5.73. The van der Waals surface area contributed by atoms with E-state index in [4.69, 9.17) is 4.98 Å². The summed E-state index contributed by atoms with van der Waals surface area (Å²) in [4.78, 5) is 5.11. The van der Waals surface area contributed by atoms with Gasteiger partial charge in [-0.15, -0.1) is 0 Å². The molecular formula is C37H36N2. The minimum absolute atomic E-state index is 0.0294. The summed E-state index contributed by atoms with van der Waals surface area (Å²) < 4.78 is 2.44. The Balaban J connectivity index is 1.62. The molecule has 0 aliphatic carbocycles. The van der Waals surface area contributed by atoms with Gasteiger partial charge in [-0.25, -0.2) is 4.98 Å². The Bertz CT molecular complexity index is 1790. The van der Waals surface area contributed by atoms with Crippen molar-refractivity contribution < 1.29 is 0 Å². The first-order chi connectivity index (χ1) is 18.9. The summed E-state index contributed by atoms with van der Waals surface area (Å²) in [5.74, 6) is 1.35. The summed E-state index contributed by atoms with van der Waals surface area (Å²) in [6, 6.07) is 37.4. The Hall–Kier alpha value is -4.17. The highest BCUT2D eigenvalue weighted by Gasteiger charge is 2.28. The van der Waals surface area contributed by atoms with E-state index >= 15 is 0 Å². The van der Waals surface area contributed by atoms with Crippen molar-refractivity contribution in [1.29, 1.82) is 0 Å². The van der Waals surface area contributed by atoms with Gasteiger partial charge in [-0.2, -0.15) is 0 Å². The zero-order valence-corrected chi connectivity index (χ0v) is 23.6. The van der Waals surface area contributed by atoms with E-state index < -0.39 is 0 Å². The van der Waals surface area contributed by atoms with Crippen LogP contribution in [-0.4, -0.2) is 9.55 Å². The number of aromatic nitrogens is 2. The number of benzene rings is 5. The molecule has 1 heterocycles. The van der Waals surface area contributed by atoms with Gasteiger partial charge in [0.25, 0.3) is 0 Å². The highest BCUT2D eigenvalue weighted by molar-refractivity contribution is 5.97. The van der Waals surface area contributed by atoms with Crippen molar-refractivity contribution in [2.45, 2.75) is 52.4 Å². The molecule has 5 aromatic carbocycles. The highest BCUT2D eigenvalue weighted by Crippen LogP contribution is 2.39. The van der Waals surface area contributed by atoms with Gasteiger partial charge >= 0.3 is 0 Å². The molecule has 2 nitrogen and oxygen atoms in total. The lowest BCUT2D eigenvalue weighted by molar-refractivity contribution is 0.482. The molecule has 0 amide bonds. The fraction of sp³-hybridized carbons (Fsp3) is 0.216. The average molecular weight is 509 g/mol. The Morgan fingerprint density at radius 1 is 0.718 bits per heavy atom. The summed E-state index contributed by atoms with van der Waals surface area (Å²) in [6.07, 6.45) is 3.13. The third-order valence-electron chi connectivity index (χ3n) is 8.36. The summed E-state index contributed by atoms with van der Waals surface area (Å²) in [7, 11) is 0. The second-order valence-electron chi connectivity index (χ2n) is 11.5. The minimum atomic E-state index is -0.0294. The zero-order valence-electron chi connectivity index (χ0n) is 23.6. The second-order valence-corrected chi connectivity index (χ2v) is 11.5. The number of fused-ring (bicyclic) bond motifs is 2. The SMILES string of the molecule is CCC(C)(C)c1cnc(-c2cccc3ccccc23)n1-c1ccc(-c2cccc3ccccc23)cc1C(C)C. The van der Waals surface area contributed by atoms with Crippen LogP contribution in [0.15, 0.2) is 109 Å². The standard InChI is InChI=1S/C37H36N2/c1-6-37(4,5)35-24-38-36(32-20-12-16-27-14-8-10-18-30(27)32)39(35)34-22-21-28(23-33(34)25(2)3)31-19-11-15-26-13-7-9-17-29(26)31/h7-25H,6H2,1-5H3. The Kier molecular flexibility index (Phi) is 6.35. The Morgan fingerprint density at radius 2 is 1.31 bits per heavy atom. The van der Waals surface area contributed by atoms with Gasteiger partial charge in [-0.3, -0.25) is 4.57 Å². The maximum Gasteiger partial charge on any atom is 0.145 e. The van der Waals surface area contributed by atoms with Crippen LogP contribution in [-0.2, 0) is 5.41 Å². The third-order valence-corrected chi connectivity index (χ3v) is 8.36. The van der Waals surface area contributed by atoms with Crippen LogP contribution < -0.4 is 0 Å². The zero-order chi connectivity index (χ0) is 27.1. The van der Waals surface area contributed by atoms with Crippen molar-refractivity contribution in [3.8, 4) is 28.2 Å². The molecule has 0 aliphatic rings. The summed E-state index contributed by atoms with van der Waals surface area (Å²) in [5.41, 5.74) is 7.45. The lowest BCUT2D eigenvalue weighted by Crippen LogP contribution is -2.21. The van der Waals surface area contributed by atoms with Crippen LogP contribution in [0.1, 0.15) is 58.2 Å². The van der Waals surface area contributed by atoms with Gasteiger partial charge in [0.1, 0.15) is 5.82 Å². The first-order valence-electron chi connectivity index (χ1n) is 14.1. The molecule has 0 unspecified atom stereocenters. The number of rotatable bonds is 6. The average Bonchev–Trinajstić information content (AvgIpc) is 3.42. The molecule has 0 bridgehead atoms. The van der Waals surface area contributed by atoms with Gasteiger partial charge in [0.15, 0.2) is 0 Å². The normalized spacial score (nSPS) is 12.1. The Morgan fingerprint density at radius 3 is 1.95 bits per heavy atom. The monoisotopic (exact) mass is 508 g/mol. The van der Waals surface area contributed by atoms with Crippen molar-refractivity contribution in [2.75, 3.05) is 0 Å². The molecule has 0 saturated heterocycles. The van der Waals surface area contributed by atoms with E-state index in [1.807, 2.05) is 0 Å².